The molecule has 0 atom stereocenters. The van der Waals surface area contributed by atoms with Crippen molar-refractivity contribution in [1.82, 2.24) is 14.9 Å². The maximum absolute atomic E-state index is 4.35. The number of hydrogen-bond donors (Lipinski definition) is 1. The van der Waals surface area contributed by atoms with Crippen LogP contribution < -0.4 is 0 Å². The fourth-order valence-electron chi connectivity index (χ4n) is 2.30. The number of pyridine rings is 1. The van der Waals surface area contributed by atoms with Crippen molar-refractivity contribution in [2.24, 2.45) is 0 Å². The van der Waals surface area contributed by atoms with E-state index in [-0.39, 0.29) is 0 Å². The number of halogens is 1. The highest BCUT2D eigenvalue weighted by atomic mass is 79.9. The van der Waals surface area contributed by atoms with Crippen LogP contribution in [0.4, 0.5) is 0 Å². The second kappa shape index (κ2) is 5.38. The highest BCUT2D eigenvalue weighted by molar-refractivity contribution is 9.10. The van der Waals surface area contributed by atoms with Crippen LogP contribution >= 0.6 is 15.9 Å². The molecule has 0 bridgehead atoms. The molecule has 20 heavy (non-hydrogen) atoms. The normalized spacial score (nSPS) is 11.4. The van der Waals surface area contributed by atoms with E-state index >= 15 is 0 Å². The Hall–Kier alpha value is -1.65. The first kappa shape index (κ1) is 13.3. The van der Waals surface area contributed by atoms with E-state index in [1.165, 1.54) is 11.1 Å². The highest BCUT2D eigenvalue weighted by Gasteiger charge is 2.06. The van der Waals surface area contributed by atoms with Crippen molar-refractivity contribution in [1.29, 1.82) is 0 Å². The van der Waals surface area contributed by atoms with Gasteiger partial charge in [0.15, 0.2) is 0 Å². The zero-order chi connectivity index (χ0) is 14.1. The molecule has 1 aromatic carbocycles. The topological polar surface area (TPSA) is 31.9 Å². The summed E-state index contributed by atoms with van der Waals surface area (Å²) in [6.07, 6.45) is 1.80. The third-order valence-electron chi connectivity index (χ3n) is 3.24. The molecule has 2 aromatic heterocycles. The predicted octanol–water partition coefficient (Wildman–Crippen LogP) is 4.05. The van der Waals surface area contributed by atoms with E-state index in [0.29, 0.717) is 0 Å². The van der Waals surface area contributed by atoms with Crippen LogP contribution in [0.25, 0.3) is 22.3 Å². The van der Waals surface area contributed by atoms with Crippen LogP contribution in [0.2, 0.25) is 0 Å². The Bertz CT molecular complexity index is 729. The average Bonchev–Trinajstić information content (AvgIpc) is 2.84. The molecular formula is C16H16BrN3. The summed E-state index contributed by atoms with van der Waals surface area (Å²) in [7, 11) is 4.16. The van der Waals surface area contributed by atoms with E-state index < -0.39 is 0 Å². The van der Waals surface area contributed by atoms with E-state index in [0.717, 1.165) is 27.7 Å². The van der Waals surface area contributed by atoms with Gasteiger partial charge in [-0.25, -0.2) is 4.98 Å². The Kier molecular flexibility index (Phi) is 3.59. The minimum absolute atomic E-state index is 0.909. The maximum atomic E-state index is 4.35. The molecule has 0 saturated carbocycles. The van der Waals surface area contributed by atoms with Crippen LogP contribution in [0.3, 0.4) is 0 Å². The first-order valence-electron chi connectivity index (χ1n) is 6.51. The van der Waals surface area contributed by atoms with Crippen molar-refractivity contribution in [3.8, 4) is 11.3 Å². The third kappa shape index (κ3) is 2.62. The van der Waals surface area contributed by atoms with Gasteiger partial charge in [0, 0.05) is 28.3 Å². The number of hydrogen-bond acceptors (Lipinski definition) is 2. The Morgan fingerprint density at radius 1 is 1.15 bits per heavy atom. The van der Waals surface area contributed by atoms with Gasteiger partial charge >= 0.3 is 0 Å². The van der Waals surface area contributed by atoms with Gasteiger partial charge in [0.1, 0.15) is 5.65 Å². The lowest BCUT2D eigenvalue weighted by atomic mass is 10.1. The van der Waals surface area contributed by atoms with E-state index in [2.05, 4.69) is 75.2 Å². The molecule has 0 fully saturated rings. The summed E-state index contributed by atoms with van der Waals surface area (Å²) in [6, 6.07) is 12.7. The van der Waals surface area contributed by atoms with Gasteiger partial charge in [-0.05, 0) is 53.3 Å². The predicted molar refractivity (Wildman–Crippen MR) is 86.6 cm³/mol. The van der Waals surface area contributed by atoms with Crippen molar-refractivity contribution in [2.75, 3.05) is 14.1 Å². The largest absolute Gasteiger partial charge is 0.339 e. The molecule has 1 N–H and O–H groups in total. The maximum Gasteiger partial charge on any atom is 0.138 e. The minimum atomic E-state index is 0.909. The average molecular weight is 330 g/mol. The molecule has 0 aliphatic rings. The zero-order valence-corrected chi connectivity index (χ0v) is 13.1. The summed E-state index contributed by atoms with van der Waals surface area (Å²) in [5.41, 5.74) is 4.49. The van der Waals surface area contributed by atoms with E-state index in [9.17, 15) is 0 Å². The smallest absolute Gasteiger partial charge is 0.138 e. The monoisotopic (exact) mass is 329 g/mol. The van der Waals surface area contributed by atoms with Crippen molar-refractivity contribution < 1.29 is 0 Å². The lowest BCUT2D eigenvalue weighted by Crippen LogP contribution is -2.10. The van der Waals surface area contributed by atoms with Crippen LogP contribution in [0.5, 0.6) is 0 Å². The molecular weight excluding hydrogens is 314 g/mol. The molecule has 3 rings (SSSR count). The number of aromatic nitrogens is 2. The number of fused-ring (bicyclic) bond motifs is 1. The number of nitrogens with zero attached hydrogens (tertiary/aromatic N) is 2. The Balaban J connectivity index is 1.96. The SMILES string of the molecule is CN(C)Cc1ccc(-c2cc3c(Br)ccnc3[nH]2)cc1. The molecule has 0 spiro atoms. The number of nitrogens with one attached hydrogen (secondary N) is 1. The van der Waals surface area contributed by atoms with Gasteiger partial charge < -0.3 is 9.88 Å². The van der Waals surface area contributed by atoms with E-state index in [1.807, 2.05) is 6.07 Å². The Morgan fingerprint density at radius 2 is 1.90 bits per heavy atom. The van der Waals surface area contributed by atoms with Crippen molar-refractivity contribution in [2.45, 2.75) is 6.54 Å². The number of aromatic amines is 1. The third-order valence-corrected chi connectivity index (χ3v) is 3.93. The van der Waals surface area contributed by atoms with Gasteiger partial charge in [-0.2, -0.15) is 0 Å². The van der Waals surface area contributed by atoms with Gasteiger partial charge in [-0.15, -0.1) is 0 Å². The van der Waals surface area contributed by atoms with Gasteiger partial charge in [0.2, 0.25) is 0 Å². The van der Waals surface area contributed by atoms with Gasteiger partial charge in [0.05, 0.1) is 0 Å². The number of rotatable bonds is 3. The summed E-state index contributed by atoms with van der Waals surface area (Å²) in [6.45, 7) is 0.958. The van der Waals surface area contributed by atoms with Gasteiger partial charge in [-0.1, -0.05) is 24.3 Å². The molecule has 3 nitrogen and oxygen atoms in total. The van der Waals surface area contributed by atoms with Crippen LogP contribution in [-0.2, 0) is 6.54 Å². The second-order valence-corrected chi connectivity index (χ2v) is 6.03. The summed E-state index contributed by atoms with van der Waals surface area (Å²) in [5, 5.41) is 1.11. The van der Waals surface area contributed by atoms with Crippen LogP contribution in [-0.4, -0.2) is 29.0 Å². The molecule has 0 unspecified atom stereocenters. The lowest BCUT2D eigenvalue weighted by molar-refractivity contribution is 0.402. The first-order chi connectivity index (χ1) is 9.63. The lowest BCUT2D eigenvalue weighted by Gasteiger charge is -2.09. The number of H-pyrrole nitrogens is 1. The van der Waals surface area contributed by atoms with Crippen LogP contribution in [0, 0.1) is 0 Å². The fraction of sp³-hybridized carbons (Fsp3) is 0.188. The molecule has 4 heteroatoms. The van der Waals surface area contributed by atoms with Crippen molar-refractivity contribution in [3.63, 3.8) is 0 Å². The van der Waals surface area contributed by atoms with Gasteiger partial charge in [-0.3, -0.25) is 0 Å². The Labute approximate surface area is 126 Å². The molecule has 0 aliphatic carbocycles. The molecule has 102 valence electrons. The van der Waals surface area contributed by atoms with Crippen molar-refractivity contribution >= 4 is 27.0 Å². The quantitative estimate of drug-likeness (QED) is 0.785. The summed E-state index contributed by atoms with van der Waals surface area (Å²) >= 11 is 3.56. The summed E-state index contributed by atoms with van der Waals surface area (Å²) in [5.74, 6) is 0. The highest BCUT2D eigenvalue weighted by Crippen LogP contribution is 2.28. The van der Waals surface area contributed by atoms with Crippen molar-refractivity contribution in [3.05, 3.63) is 52.6 Å². The molecule has 0 amide bonds. The summed E-state index contributed by atoms with van der Waals surface area (Å²) < 4.78 is 1.06. The zero-order valence-electron chi connectivity index (χ0n) is 11.5. The summed E-state index contributed by atoms with van der Waals surface area (Å²) in [4.78, 5) is 9.88. The fourth-order valence-corrected chi connectivity index (χ4v) is 2.73. The number of benzene rings is 1. The van der Waals surface area contributed by atoms with E-state index in [1.54, 1.807) is 6.20 Å². The molecule has 2 heterocycles. The minimum Gasteiger partial charge on any atom is -0.339 e. The molecule has 0 aliphatic heterocycles. The molecule has 0 saturated heterocycles. The Morgan fingerprint density at radius 3 is 2.55 bits per heavy atom. The van der Waals surface area contributed by atoms with Crippen LogP contribution in [0.15, 0.2) is 47.1 Å². The molecule has 0 radical (unpaired) electrons. The standard InChI is InChI=1S/C16H16BrN3/c1-20(2)10-11-3-5-12(6-4-11)15-9-13-14(17)7-8-18-16(13)19-15/h3-9H,10H2,1-2H3,(H,18,19). The van der Waals surface area contributed by atoms with E-state index in [4.69, 9.17) is 0 Å². The van der Waals surface area contributed by atoms with Crippen LogP contribution in [0.1, 0.15) is 5.56 Å². The van der Waals surface area contributed by atoms with Gasteiger partial charge in [0.25, 0.3) is 0 Å². The second-order valence-electron chi connectivity index (χ2n) is 5.17. The first-order valence-corrected chi connectivity index (χ1v) is 7.30. The molecule has 3 aromatic rings.